The van der Waals surface area contributed by atoms with Gasteiger partial charge in [-0.25, -0.2) is 4.79 Å². The molecule has 0 radical (unpaired) electrons. The molecule has 2 amide bonds. The van der Waals surface area contributed by atoms with Crippen molar-refractivity contribution >= 4 is 23.6 Å². The Morgan fingerprint density at radius 3 is 2.34 bits per heavy atom. The summed E-state index contributed by atoms with van der Waals surface area (Å²) in [5.41, 5.74) is 3.85. The monoisotopic (exact) mass is 569 g/mol. The first kappa shape index (κ1) is 27.1. The van der Waals surface area contributed by atoms with Gasteiger partial charge in [0.2, 0.25) is 11.8 Å². The number of likely N-dealkylation sites (tertiary alicyclic amines) is 1. The summed E-state index contributed by atoms with van der Waals surface area (Å²) in [4.78, 5) is 50.5. The van der Waals surface area contributed by atoms with E-state index in [-0.39, 0.29) is 36.8 Å². The molecule has 4 heterocycles. The van der Waals surface area contributed by atoms with Gasteiger partial charge in [-0.3, -0.25) is 19.1 Å². The summed E-state index contributed by atoms with van der Waals surface area (Å²) in [6.07, 6.45) is 7.75. The first-order valence-electron chi connectivity index (χ1n) is 14.1. The van der Waals surface area contributed by atoms with Gasteiger partial charge in [0.05, 0.1) is 10.9 Å². The van der Waals surface area contributed by atoms with Crippen molar-refractivity contribution in [3.05, 3.63) is 113 Å². The number of hydrogen-bond acceptors (Lipinski definition) is 5. The van der Waals surface area contributed by atoms with E-state index in [1.165, 1.54) is 0 Å². The van der Waals surface area contributed by atoms with Crippen molar-refractivity contribution < 1.29 is 11.0 Å². The molecule has 6 rings (SSSR count). The van der Waals surface area contributed by atoms with Crippen LogP contribution in [0.15, 0.2) is 96.2 Å². The van der Waals surface area contributed by atoms with Crippen LogP contribution in [-0.2, 0) is 16.0 Å². The summed E-state index contributed by atoms with van der Waals surface area (Å²) in [5, 5.41) is -0.531. The van der Waals surface area contributed by atoms with Crippen LogP contribution >= 0.6 is 11.8 Å². The molecule has 2 saturated heterocycles. The molecule has 0 aliphatic carbocycles. The van der Waals surface area contributed by atoms with Gasteiger partial charge < -0.3 is 14.8 Å². The van der Waals surface area contributed by atoms with Crippen molar-refractivity contribution in [1.82, 2.24) is 24.3 Å². The molecule has 4 aromatic rings. The van der Waals surface area contributed by atoms with E-state index in [0.29, 0.717) is 32.5 Å². The van der Waals surface area contributed by atoms with Crippen LogP contribution in [0.25, 0.3) is 11.3 Å². The molecule has 2 aromatic heterocycles. The molecule has 0 spiro atoms. The Labute approximate surface area is 244 Å². The van der Waals surface area contributed by atoms with E-state index in [0.717, 1.165) is 28.8 Å². The average Bonchev–Trinajstić information content (AvgIpc) is 3.56. The predicted octanol–water partition coefficient (Wildman–Crippen LogP) is 4.92. The lowest BCUT2D eigenvalue weighted by Crippen LogP contribution is -2.42. The molecule has 2 unspecified atom stereocenters. The van der Waals surface area contributed by atoms with Crippen molar-refractivity contribution in [2.24, 2.45) is 0 Å². The highest BCUT2D eigenvalue weighted by Crippen LogP contribution is 2.44. The Kier molecular flexibility index (Phi) is 8.04. The van der Waals surface area contributed by atoms with E-state index in [1.54, 1.807) is 28.7 Å². The van der Waals surface area contributed by atoms with Crippen LogP contribution in [0.5, 0.6) is 0 Å². The smallest absolute Gasteiger partial charge is 0.326 e. The van der Waals surface area contributed by atoms with Gasteiger partial charge in [-0.2, -0.15) is 0 Å². The Hall–Kier alpha value is -4.11. The summed E-state index contributed by atoms with van der Waals surface area (Å²) in [5.74, 6) is 0.0250. The number of imidazole rings is 1. The largest absolute Gasteiger partial charge is 0.342 e. The highest BCUT2D eigenvalue weighted by atomic mass is 32.2. The van der Waals surface area contributed by atoms with E-state index < -0.39 is 5.25 Å². The third-order valence-electron chi connectivity index (χ3n) is 8.01. The zero-order valence-electron chi connectivity index (χ0n) is 22.8. The molecule has 41 heavy (non-hydrogen) atoms. The van der Waals surface area contributed by atoms with Crippen molar-refractivity contribution in [3.8, 4) is 11.3 Å². The average molecular weight is 570 g/mol. The highest BCUT2D eigenvalue weighted by Gasteiger charge is 2.42. The predicted molar refractivity (Wildman–Crippen MR) is 162 cm³/mol. The van der Waals surface area contributed by atoms with Gasteiger partial charge in [0, 0.05) is 52.1 Å². The van der Waals surface area contributed by atoms with Crippen molar-refractivity contribution in [2.45, 2.75) is 42.3 Å². The fourth-order valence-corrected chi connectivity index (χ4v) is 7.22. The van der Waals surface area contributed by atoms with Crippen molar-refractivity contribution in [3.63, 3.8) is 0 Å². The summed E-state index contributed by atoms with van der Waals surface area (Å²) < 4.78 is 1.77. The quantitative estimate of drug-likeness (QED) is 0.325. The van der Waals surface area contributed by atoms with Crippen LogP contribution in [0.3, 0.4) is 0 Å². The second kappa shape index (κ2) is 12.2. The summed E-state index contributed by atoms with van der Waals surface area (Å²) in [6, 6.07) is 23.8. The minimum atomic E-state index is -0.413. The van der Waals surface area contributed by atoms with Gasteiger partial charge in [0.1, 0.15) is 5.37 Å². The minimum Gasteiger partial charge on any atom is -0.342 e. The Balaban J connectivity index is 0.00000353. The van der Waals surface area contributed by atoms with Crippen LogP contribution in [0.1, 0.15) is 43.2 Å². The minimum absolute atomic E-state index is 0. The van der Waals surface area contributed by atoms with Crippen LogP contribution in [0.2, 0.25) is 0 Å². The summed E-state index contributed by atoms with van der Waals surface area (Å²) in [6.45, 7) is 1.73. The van der Waals surface area contributed by atoms with E-state index >= 15 is 0 Å². The Morgan fingerprint density at radius 2 is 1.63 bits per heavy atom. The van der Waals surface area contributed by atoms with Crippen LogP contribution in [-0.4, -0.2) is 61.0 Å². The number of rotatable bonds is 8. The van der Waals surface area contributed by atoms with Crippen LogP contribution < -0.4 is 5.69 Å². The topological polar surface area (TPSA) is 91.3 Å². The van der Waals surface area contributed by atoms with Gasteiger partial charge in [0.25, 0.3) is 0 Å². The molecule has 0 saturated carbocycles. The normalized spacial score (nSPS) is 19.6. The highest BCUT2D eigenvalue weighted by molar-refractivity contribution is 8.01. The van der Waals surface area contributed by atoms with E-state index in [2.05, 4.69) is 9.97 Å². The van der Waals surface area contributed by atoms with E-state index in [4.69, 9.17) is 0 Å². The maximum Gasteiger partial charge on any atom is 0.326 e. The van der Waals surface area contributed by atoms with Crippen LogP contribution in [0.4, 0.5) is 0 Å². The summed E-state index contributed by atoms with van der Waals surface area (Å²) in [7, 11) is 0. The zero-order chi connectivity index (χ0) is 28.2. The van der Waals surface area contributed by atoms with E-state index in [1.807, 2.05) is 88.8 Å². The van der Waals surface area contributed by atoms with Crippen molar-refractivity contribution in [1.29, 1.82) is 0 Å². The molecule has 1 N–H and O–H groups in total. The molecule has 2 fully saturated rings. The van der Waals surface area contributed by atoms with Crippen LogP contribution in [0, 0.1) is 0 Å². The molecular weight excluding hydrogens is 534 g/mol. The molecule has 2 aliphatic heterocycles. The van der Waals surface area contributed by atoms with Crippen molar-refractivity contribution in [2.75, 3.05) is 19.6 Å². The number of nitrogens with zero attached hydrogens (tertiary/aromatic N) is 4. The fraction of sp³-hybridized carbons (Fsp3) is 0.312. The number of thioether (sulfide) groups is 1. The lowest BCUT2D eigenvalue weighted by Gasteiger charge is -2.32. The lowest BCUT2D eigenvalue weighted by atomic mass is 10.0. The van der Waals surface area contributed by atoms with Gasteiger partial charge in [0.15, 0.2) is 0 Å². The first-order chi connectivity index (χ1) is 20.1. The molecule has 0 bridgehead atoms. The number of amides is 2. The third kappa shape index (κ3) is 6.00. The lowest BCUT2D eigenvalue weighted by molar-refractivity contribution is -0.136. The molecule has 8 nitrogen and oxygen atoms in total. The second-order valence-electron chi connectivity index (χ2n) is 10.6. The van der Waals surface area contributed by atoms with E-state index in [9.17, 15) is 14.4 Å². The second-order valence-corrected chi connectivity index (χ2v) is 11.9. The molecule has 212 valence electrons. The number of aromatic nitrogens is 3. The van der Waals surface area contributed by atoms with Gasteiger partial charge in [-0.05, 0) is 48.1 Å². The number of piperidine rings is 1. The first-order valence-corrected chi connectivity index (χ1v) is 15.1. The van der Waals surface area contributed by atoms with Gasteiger partial charge in [-0.15, -0.1) is 11.8 Å². The number of hydrogen-bond donors (Lipinski definition) is 1. The summed E-state index contributed by atoms with van der Waals surface area (Å²) >= 11 is 1.57. The number of pyridine rings is 1. The number of aromatic amines is 1. The number of nitrogens with one attached hydrogen (secondary N) is 1. The molecule has 9 heteroatoms. The van der Waals surface area contributed by atoms with Gasteiger partial charge >= 0.3 is 5.69 Å². The molecule has 2 aromatic carbocycles. The maximum absolute atomic E-state index is 13.6. The number of H-pyrrole nitrogens is 1. The third-order valence-corrected chi connectivity index (χ3v) is 9.49. The SMILES string of the molecule is O=C(CC1SC(c2ccccc2)N(CCc2ccncc2)C1=O)N1CCC(n2cc(-c3ccccc3)[nH]c2=O)CC1.[HH]. The Morgan fingerprint density at radius 1 is 0.951 bits per heavy atom. The number of carbonyl (C=O) groups excluding carboxylic acids is 2. The zero-order valence-corrected chi connectivity index (χ0v) is 23.6. The maximum atomic E-state index is 13.6. The fourth-order valence-electron chi connectivity index (χ4n) is 5.75. The Bertz CT molecular complexity index is 1540. The molecule has 2 atom stereocenters. The number of benzene rings is 2. The standard InChI is InChI=1S/C32H33N5O3S.H2/c38-29(35-18-14-26(15-19-35)37-22-27(34-32(37)40)24-7-3-1-4-8-24)21-28-30(39)36(20-13-23-11-16-33-17-12-23)31(41-28)25-9-5-2-6-10-25;/h1-12,16-17,22,26,28,31H,13-15,18-21H2,(H,34,40);1H. The molecular formula is C32H35N5O3S. The number of carbonyl (C=O) groups is 2. The molecule has 2 aliphatic rings. The van der Waals surface area contributed by atoms with Gasteiger partial charge in [-0.1, -0.05) is 60.7 Å².